The van der Waals surface area contributed by atoms with Crippen LogP contribution in [0.1, 0.15) is 22.3 Å². The first-order valence-electron chi connectivity index (χ1n) is 15.3. The van der Waals surface area contributed by atoms with E-state index < -0.39 is 0 Å². The molecule has 0 fully saturated rings. The summed E-state index contributed by atoms with van der Waals surface area (Å²) in [4.78, 5) is 9.07. The standard InChI is InChI=1S/C41H23N3S/c1-5-13-30-25(9-1)26-10-2-6-14-31(26)41(30)32-15-7-3-11-27(32)28-18-17-24(21-33(28)41)44-34-16-8-4-12-29(34)38-35(44)19-20-36-39(38)40-37(45-36)22-42-23-43-40/h1-23H. The number of rotatable bonds is 1. The Labute approximate surface area is 262 Å². The molecular weight excluding hydrogens is 567 g/mol. The molecule has 9 aromatic rings. The molecule has 0 amide bonds. The van der Waals surface area contributed by atoms with Gasteiger partial charge in [-0.05, 0) is 74.8 Å². The highest BCUT2D eigenvalue weighted by Gasteiger charge is 2.51. The van der Waals surface area contributed by atoms with E-state index in [1.807, 2.05) is 6.20 Å². The number of para-hydroxylation sites is 1. The van der Waals surface area contributed by atoms with E-state index in [2.05, 4.69) is 137 Å². The number of aromatic nitrogens is 3. The third-order valence-electron chi connectivity index (χ3n) is 10.2. The maximum atomic E-state index is 4.76. The zero-order valence-corrected chi connectivity index (χ0v) is 24.8. The van der Waals surface area contributed by atoms with E-state index in [0.717, 1.165) is 10.2 Å². The van der Waals surface area contributed by atoms with Gasteiger partial charge in [0.05, 0.1) is 26.7 Å². The molecule has 4 heteroatoms. The lowest BCUT2D eigenvalue weighted by atomic mass is 9.70. The van der Waals surface area contributed by atoms with Gasteiger partial charge in [-0.15, -0.1) is 11.3 Å². The van der Waals surface area contributed by atoms with Crippen LogP contribution in [0.15, 0.2) is 140 Å². The average molecular weight is 590 g/mol. The van der Waals surface area contributed by atoms with Crippen LogP contribution in [0.25, 0.3) is 70.0 Å². The van der Waals surface area contributed by atoms with Gasteiger partial charge in [0.1, 0.15) is 6.33 Å². The first kappa shape index (κ1) is 23.8. The van der Waals surface area contributed by atoms with E-state index in [-0.39, 0.29) is 5.41 Å². The van der Waals surface area contributed by atoms with E-state index in [4.69, 9.17) is 4.98 Å². The molecule has 208 valence electrons. The molecule has 0 radical (unpaired) electrons. The summed E-state index contributed by atoms with van der Waals surface area (Å²) in [6.07, 6.45) is 3.61. The van der Waals surface area contributed by atoms with Crippen molar-refractivity contribution < 1.29 is 0 Å². The van der Waals surface area contributed by atoms with Crippen LogP contribution in [0.4, 0.5) is 0 Å². The largest absolute Gasteiger partial charge is 0.309 e. The van der Waals surface area contributed by atoms with Crippen LogP contribution in [0.5, 0.6) is 0 Å². The maximum absolute atomic E-state index is 4.76. The fourth-order valence-electron chi connectivity index (χ4n) is 8.56. The molecule has 0 bridgehead atoms. The second-order valence-corrected chi connectivity index (χ2v) is 13.2. The second-order valence-electron chi connectivity index (χ2n) is 12.1. The van der Waals surface area contributed by atoms with Crippen LogP contribution in [0.2, 0.25) is 0 Å². The predicted molar refractivity (Wildman–Crippen MR) is 186 cm³/mol. The van der Waals surface area contributed by atoms with Crippen molar-refractivity contribution in [2.24, 2.45) is 0 Å². The Balaban J connectivity index is 1.28. The Morgan fingerprint density at radius 2 is 1.18 bits per heavy atom. The van der Waals surface area contributed by atoms with E-state index in [1.165, 1.54) is 82.1 Å². The molecule has 45 heavy (non-hydrogen) atoms. The van der Waals surface area contributed by atoms with Crippen LogP contribution in [0.3, 0.4) is 0 Å². The SMILES string of the molecule is c1ccc2c(c1)-c1ccccc1C21c2ccccc2-c2ccc(-n3c4ccccc4c4c5c(ccc43)sc3cncnc35)cc21. The lowest BCUT2D eigenvalue weighted by Gasteiger charge is -2.30. The molecule has 6 aromatic carbocycles. The third-order valence-corrected chi connectivity index (χ3v) is 11.3. The van der Waals surface area contributed by atoms with Gasteiger partial charge < -0.3 is 4.57 Å². The summed E-state index contributed by atoms with van der Waals surface area (Å²) in [5.74, 6) is 0. The average Bonchev–Trinajstić information content (AvgIpc) is 3.81. The lowest BCUT2D eigenvalue weighted by molar-refractivity contribution is 0.792. The Hall–Kier alpha value is -5.58. The molecule has 2 aliphatic rings. The minimum absolute atomic E-state index is 0.373. The van der Waals surface area contributed by atoms with E-state index in [1.54, 1.807) is 17.7 Å². The Morgan fingerprint density at radius 3 is 1.91 bits per heavy atom. The summed E-state index contributed by atoms with van der Waals surface area (Å²) in [7, 11) is 0. The molecule has 0 saturated carbocycles. The summed E-state index contributed by atoms with van der Waals surface area (Å²) in [5, 5.41) is 3.71. The van der Waals surface area contributed by atoms with E-state index >= 15 is 0 Å². The molecule has 0 aliphatic heterocycles. The van der Waals surface area contributed by atoms with Gasteiger partial charge in [-0.25, -0.2) is 9.97 Å². The number of thiophene rings is 1. The van der Waals surface area contributed by atoms with Crippen LogP contribution in [0, 0.1) is 0 Å². The van der Waals surface area contributed by atoms with Gasteiger partial charge in [0, 0.05) is 32.7 Å². The van der Waals surface area contributed by atoms with E-state index in [0.29, 0.717) is 0 Å². The van der Waals surface area contributed by atoms with Gasteiger partial charge in [-0.1, -0.05) is 97.1 Å². The summed E-state index contributed by atoms with van der Waals surface area (Å²) < 4.78 is 4.81. The van der Waals surface area contributed by atoms with E-state index in [9.17, 15) is 0 Å². The summed E-state index contributed by atoms with van der Waals surface area (Å²) in [6, 6.07) is 47.5. The fraction of sp³-hybridized carbons (Fsp3) is 0.0244. The number of benzene rings is 6. The molecule has 3 heterocycles. The molecule has 11 rings (SSSR count). The highest BCUT2D eigenvalue weighted by atomic mass is 32.1. The highest BCUT2D eigenvalue weighted by molar-refractivity contribution is 7.26. The molecule has 3 aromatic heterocycles. The number of hydrogen-bond donors (Lipinski definition) is 0. The number of hydrogen-bond acceptors (Lipinski definition) is 3. The molecule has 1 spiro atoms. The Kier molecular flexibility index (Phi) is 4.40. The van der Waals surface area contributed by atoms with Crippen molar-refractivity contribution >= 4 is 53.4 Å². The number of fused-ring (bicyclic) bond motifs is 17. The summed E-state index contributed by atoms with van der Waals surface area (Å²) >= 11 is 1.76. The highest BCUT2D eigenvalue weighted by Crippen LogP contribution is 2.63. The molecule has 3 nitrogen and oxygen atoms in total. The zero-order valence-electron chi connectivity index (χ0n) is 24.0. The zero-order chi connectivity index (χ0) is 29.3. The second kappa shape index (κ2) is 8.32. The first-order valence-corrected chi connectivity index (χ1v) is 16.1. The Morgan fingerprint density at radius 1 is 0.533 bits per heavy atom. The molecule has 0 saturated heterocycles. The van der Waals surface area contributed by atoms with Gasteiger partial charge >= 0.3 is 0 Å². The number of nitrogens with zero attached hydrogens (tertiary/aromatic N) is 3. The van der Waals surface area contributed by atoms with Crippen LogP contribution in [-0.4, -0.2) is 14.5 Å². The minimum Gasteiger partial charge on any atom is -0.309 e. The van der Waals surface area contributed by atoms with Crippen molar-refractivity contribution in [2.75, 3.05) is 0 Å². The minimum atomic E-state index is -0.373. The topological polar surface area (TPSA) is 30.7 Å². The quantitative estimate of drug-likeness (QED) is 0.191. The van der Waals surface area contributed by atoms with Gasteiger partial charge in [-0.2, -0.15) is 0 Å². The third kappa shape index (κ3) is 2.78. The smallest absolute Gasteiger partial charge is 0.116 e. The van der Waals surface area contributed by atoms with Crippen molar-refractivity contribution in [2.45, 2.75) is 5.41 Å². The fourth-order valence-corrected chi connectivity index (χ4v) is 9.60. The monoisotopic (exact) mass is 589 g/mol. The van der Waals surface area contributed by atoms with Crippen molar-refractivity contribution in [1.29, 1.82) is 0 Å². The molecule has 2 aliphatic carbocycles. The predicted octanol–water partition coefficient (Wildman–Crippen LogP) is 10.3. The molecule has 0 atom stereocenters. The van der Waals surface area contributed by atoms with Gasteiger partial charge in [0.15, 0.2) is 0 Å². The van der Waals surface area contributed by atoms with Crippen molar-refractivity contribution in [1.82, 2.24) is 14.5 Å². The van der Waals surface area contributed by atoms with Crippen LogP contribution in [-0.2, 0) is 5.41 Å². The van der Waals surface area contributed by atoms with Gasteiger partial charge in [0.2, 0.25) is 0 Å². The van der Waals surface area contributed by atoms with Gasteiger partial charge in [-0.3, -0.25) is 0 Å². The maximum Gasteiger partial charge on any atom is 0.116 e. The summed E-state index contributed by atoms with van der Waals surface area (Å²) in [6.45, 7) is 0. The Bertz CT molecular complexity index is 2670. The van der Waals surface area contributed by atoms with Gasteiger partial charge in [0.25, 0.3) is 0 Å². The normalized spacial score (nSPS) is 14.0. The lowest BCUT2D eigenvalue weighted by Crippen LogP contribution is -2.26. The summed E-state index contributed by atoms with van der Waals surface area (Å²) in [5.41, 5.74) is 14.9. The first-order chi connectivity index (χ1) is 22.3. The van der Waals surface area contributed by atoms with Crippen LogP contribution >= 0.6 is 11.3 Å². The molecule has 0 N–H and O–H groups in total. The van der Waals surface area contributed by atoms with Crippen LogP contribution < -0.4 is 0 Å². The van der Waals surface area contributed by atoms with Crippen molar-refractivity contribution in [3.05, 3.63) is 162 Å². The van der Waals surface area contributed by atoms with Crippen molar-refractivity contribution in [3.63, 3.8) is 0 Å². The molecule has 0 unspecified atom stereocenters. The molecular formula is C41H23N3S. The van der Waals surface area contributed by atoms with Crippen molar-refractivity contribution in [3.8, 4) is 27.9 Å².